The van der Waals surface area contributed by atoms with Gasteiger partial charge in [-0.1, -0.05) is 23.2 Å². The van der Waals surface area contributed by atoms with E-state index in [0.717, 1.165) is 24.9 Å². The van der Waals surface area contributed by atoms with Crippen LogP contribution < -0.4 is 10.5 Å². The molecule has 1 saturated heterocycles. The van der Waals surface area contributed by atoms with E-state index >= 15 is 0 Å². The second-order valence-electron chi connectivity index (χ2n) is 5.06. The van der Waals surface area contributed by atoms with Crippen molar-refractivity contribution in [2.45, 2.75) is 19.4 Å². The quantitative estimate of drug-likeness (QED) is 0.929. The van der Waals surface area contributed by atoms with Gasteiger partial charge in [-0.05, 0) is 31.5 Å². The minimum Gasteiger partial charge on any atom is -0.495 e. The molecule has 1 amide bonds. The monoisotopic (exact) mass is 316 g/mol. The van der Waals surface area contributed by atoms with Crippen LogP contribution in [0.25, 0.3) is 0 Å². The van der Waals surface area contributed by atoms with Gasteiger partial charge in [-0.15, -0.1) is 0 Å². The summed E-state index contributed by atoms with van der Waals surface area (Å²) in [5.41, 5.74) is 6.32. The molecule has 1 aromatic rings. The highest BCUT2D eigenvalue weighted by molar-refractivity contribution is 6.35. The molecule has 2 N–H and O–H groups in total. The van der Waals surface area contributed by atoms with E-state index in [4.69, 9.17) is 33.7 Å². The molecule has 1 aromatic carbocycles. The first-order chi connectivity index (χ1) is 9.51. The Balaban J connectivity index is 2.15. The second kappa shape index (κ2) is 6.66. The van der Waals surface area contributed by atoms with Gasteiger partial charge in [-0.2, -0.15) is 0 Å². The average molecular weight is 317 g/mol. The van der Waals surface area contributed by atoms with Gasteiger partial charge in [-0.3, -0.25) is 9.69 Å². The molecule has 2 rings (SSSR count). The normalized spacial score (nSPS) is 19.9. The van der Waals surface area contributed by atoms with Gasteiger partial charge < -0.3 is 10.5 Å². The van der Waals surface area contributed by atoms with E-state index in [2.05, 4.69) is 4.90 Å². The van der Waals surface area contributed by atoms with Crippen molar-refractivity contribution in [2.75, 3.05) is 20.2 Å². The molecule has 1 heterocycles. The number of piperidine rings is 1. The number of hydrogen-bond donors (Lipinski definition) is 1. The smallest absolute Gasteiger partial charge is 0.221 e. The molecular formula is C14H18Cl2N2O2. The first kappa shape index (κ1) is 15.4. The van der Waals surface area contributed by atoms with Crippen LogP contribution in [0, 0.1) is 5.92 Å². The number of amides is 1. The summed E-state index contributed by atoms with van der Waals surface area (Å²) in [7, 11) is 1.58. The van der Waals surface area contributed by atoms with Crippen molar-refractivity contribution >= 4 is 29.1 Å². The largest absolute Gasteiger partial charge is 0.495 e. The molecule has 0 spiro atoms. The Hall–Kier alpha value is -0.970. The Morgan fingerprint density at radius 2 is 2.25 bits per heavy atom. The van der Waals surface area contributed by atoms with Crippen LogP contribution in [-0.4, -0.2) is 31.0 Å². The Morgan fingerprint density at radius 3 is 2.90 bits per heavy atom. The SMILES string of the molecule is COc1c(Cl)cc(Cl)cc1CN1CCCC(C(N)=O)C1. The number of likely N-dealkylation sites (tertiary alicyclic amines) is 1. The molecule has 20 heavy (non-hydrogen) atoms. The number of rotatable bonds is 4. The number of methoxy groups -OCH3 is 1. The van der Waals surface area contributed by atoms with E-state index in [0.29, 0.717) is 28.9 Å². The maximum Gasteiger partial charge on any atom is 0.221 e. The highest BCUT2D eigenvalue weighted by atomic mass is 35.5. The zero-order valence-corrected chi connectivity index (χ0v) is 12.9. The third-order valence-electron chi connectivity index (χ3n) is 3.59. The van der Waals surface area contributed by atoms with Crippen molar-refractivity contribution in [1.29, 1.82) is 0 Å². The van der Waals surface area contributed by atoms with Crippen LogP contribution in [0.3, 0.4) is 0 Å². The standard InChI is InChI=1S/C14H18Cl2N2O2/c1-20-13-10(5-11(15)6-12(13)16)8-18-4-2-3-9(7-18)14(17)19/h5-6,9H,2-4,7-8H2,1H3,(H2,17,19). The molecule has 0 aliphatic carbocycles. The Labute approximate surface area is 128 Å². The fourth-order valence-corrected chi connectivity index (χ4v) is 3.24. The summed E-state index contributed by atoms with van der Waals surface area (Å²) in [4.78, 5) is 13.5. The third kappa shape index (κ3) is 3.57. The first-order valence-electron chi connectivity index (χ1n) is 6.55. The van der Waals surface area contributed by atoms with E-state index in [-0.39, 0.29) is 11.8 Å². The van der Waals surface area contributed by atoms with Crippen molar-refractivity contribution in [3.63, 3.8) is 0 Å². The number of carbonyl (C=O) groups is 1. The van der Waals surface area contributed by atoms with Crippen LogP contribution in [0.2, 0.25) is 10.0 Å². The number of ether oxygens (including phenoxy) is 1. The summed E-state index contributed by atoms with van der Waals surface area (Å²) in [6.07, 6.45) is 1.82. The van der Waals surface area contributed by atoms with Gasteiger partial charge in [0, 0.05) is 23.7 Å². The minimum absolute atomic E-state index is 0.0793. The summed E-state index contributed by atoms with van der Waals surface area (Å²) in [5, 5.41) is 1.08. The lowest BCUT2D eigenvalue weighted by Gasteiger charge is -2.31. The predicted octanol–water partition coefficient (Wildman–Crippen LogP) is 2.70. The van der Waals surface area contributed by atoms with Crippen molar-refractivity contribution in [3.8, 4) is 5.75 Å². The predicted molar refractivity (Wildman–Crippen MR) is 80.2 cm³/mol. The van der Waals surface area contributed by atoms with Crippen molar-refractivity contribution in [3.05, 3.63) is 27.7 Å². The number of primary amides is 1. The fourth-order valence-electron chi connectivity index (χ4n) is 2.63. The maximum atomic E-state index is 11.3. The molecule has 1 fully saturated rings. The van der Waals surface area contributed by atoms with E-state index < -0.39 is 0 Å². The molecule has 0 bridgehead atoms. The molecule has 4 nitrogen and oxygen atoms in total. The number of halogens is 2. The third-order valence-corrected chi connectivity index (χ3v) is 4.09. The first-order valence-corrected chi connectivity index (χ1v) is 7.30. The lowest BCUT2D eigenvalue weighted by molar-refractivity contribution is -0.123. The molecule has 1 unspecified atom stereocenters. The number of benzene rings is 1. The van der Waals surface area contributed by atoms with Gasteiger partial charge in [0.15, 0.2) is 0 Å². The van der Waals surface area contributed by atoms with Gasteiger partial charge in [0.05, 0.1) is 18.1 Å². The van der Waals surface area contributed by atoms with E-state index in [9.17, 15) is 4.79 Å². The molecule has 6 heteroatoms. The molecular weight excluding hydrogens is 299 g/mol. The van der Waals surface area contributed by atoms with Crippen molar-refractivity contribution in [2.24, 2.45) is 11.7 Å². The number of nitrogens with two attached hydrogens (primary N) is 1. The Bertz CT molecular complexity index is 508. The molecule has 1 aliphatic heterocycles. The molecule has 1 atom stereocenters. The lowest BCUT2D eigenvalue weighted by Crippen LogP contribution is -2.40. The minimum atomic E-state index is -0.231. The van der Waals surface area contributed by atoms with Gasteiger partial charge in [0.1, 0.15) is 5.75 Å². The molecule has 1 aliphatic rings. The van der Waals surface area contributed by atoms with E-state index in [1.54, 1.807) is 13.2 Å². The van der Waals surface area contributed by atoms with Crippen LogP contribution in [-0.2, 0) is 11.3 Å². The van der Waals surface area contributed by atoms with Crippen molar-refractivity contribution in [1.82, 2.24) is 4.90 Å². The summed E-state index contributed by atoms with van der Waals surface area (Å²) < 4.78 is 5.34. The Kier molecular flexibility index (Phi) is 5.13. The summed E-state index contributed by atoms with van der Waals surface area (Å²) >= 11 is 12.2. The maximum absolute atomic E-state index is 11.3. The molecule has 0 aromatic heterocycles. The number of carbonyl (C=O) groups excluding carboxylic acids is 1. The zero-order valence-electron chi connectivity index (χ0n) is 11.4. The van der Waals surface area contributed by atoms with Gasteiger partial charge in [0.25, 0.3) is 0 Å². The zero-order chi connectivity index (χ0) is 14.7. The summed E-state index contributed by atoms with van der Waals surface area (Å²) in [6.45, 7) is 2.24. The van der Waals surface area contributed by atoms with Gasteiger partial charge >= 0.3 is 0 Å². The van der Waals surface area contributed by atoms with Gasteiger partial charge in [-0.25, -0.2) is 0 Å². The van der Waals surface area contributed by atoms with Crippen molar-refractivity contribution < 1.29 is 9.53 Å². The topological polar surface area (TPSA) is 55.6 Å². The van der Waals surface area contributed by atoms with E-state index in [1.807, 2.05) is 6.07 Å². The fraction of sp³-hybridized carbons (Fsp3) is 0.500. The lowest BCUT2D eigenvalue weighted by atomic mass is 9.97. The number of nitrogens with zero attached hydrogens (tertiary/aromatic N) is 1. The van der Waals surface area contributed by atoms with Crippen LogP contribution in [0.5, 0.6) is 5.75 Å². The highest BCUT2D eigenvalue weighted by Gasteiger charge is 2.25. The number of hydrogen-bond acceptors (Lipinski definition) is 3. The molecule has 0 radical (unpaired) electrons. The average Bonchev–Trinajstić information content (AvgIpc) is 2.38. The molecule has 0 saturated carbocycles. The van der Waals surface area contributed by atoms with E-state index in [1.165, 1.54) is 0 Å². The highest BCUT2D eigenvalue weighted by Crippen LogP contribution is 2.33. The van der Waals surface area contributed by atoms with Crippen LogP contribution >= 0.6 is 23.2 Å². The Morgan fingerprint density at radius 1 is 1.50 bits per heavy atom. The van der Waals surface area contributed by atoms with Crippen LogP contribution in [0.4, 0.5) is 0 Å². The van der Waals surface area contributed by atoms with Crippen LogP contribution in [0.15, 0.2) is 12.1 Å². The summed E-state index contributed by atoms with van der Waals surface area (Å²) in [6, 6.07) is 3.51. The van der Waals surface area contributed by atoms with Gasteiger partial charge in [0.2, 0.25) is 5.91 Å². The molecule has 110 valence electrons. The van der Waals surface area contributed by atoms with Crippen LogP contribution in [0.1, 0.15) is 18.4 Å². The second-order valence-corrected chi connectivity index (χ2v) is 5.90. The summed E-state index contributed by atoms with van der Waals surface area (Å²) in [5.74, 6) is 0.326.